The third kappa shape index (κ3) is 5.94. The topological polar surface area (TPSA) is 55.4 Å². The molecule has 0 fully saturated rings. The average molecular weight is 311 g/mol. The first-order valence-electron chi connectivity index (χ1n) is 7.66. The van der Waals surface area contributed by atoms with Gasteiger partial charge < -0.3 is 14.8 Å². The highest BCUT2D eigenvalue weighted by Crippen LogP contribution is 2.07. The average Bonchev–Trinajstić information content (AvgIpc) is 2.56. The largest absolute Gasteiger partial charge is 0.445 e. The summed E-state index contributed by atoms with van der Waals surface area (Å²) in [6, 6.07) is 17.4. The Balaban J connectivity index is 1.76. The van der Waals surface area contributed by atoms with E-state index in [1.165, 1.54) is 0 Å². The highest BCUT2D eigenvalue weighted by atomic mass is 16.5. The molecule has 2 aromatic rings. The number of alkyl carbamates (subject to hydrolysis) is 1. The SMILES string of the molecule is C[C@H](Cc1ccc(CC=O)cc1)NC(=O)OCc1ccccc1. The van der Waals surface area contributed by atoms with Gasteiger partial charge in [-0.2, -0.15) is 0 Å². The van der Waals surface area contributed by atoms with E-state index in [-0.39, 0.29) is 12.6 Å². The van der Waals surface area contributed by atoms with E-state index in [0.717, 1.165) is 23.0 Å². The Morgan fingerprint density at radius 2 is 1.70 bits per heavy atom. The molecule has 2 rings (SSSR count). The van der Waals surface area contributed by atoms with E-state index in [0.29, 0.717) is 12.8 Å². The van der Waals surface area contributed by atoms with Crippen molar-refractivity contribution in [3.63, 3.8) is 0 Å². The summed E-state index contributed by atoms with van der Waals surface area (Å²) >= 11 is 0. The van der Waals surface area contributed by atoms with Gasteiger partial charge in [-0.25, -0.2) is 4.79 Å². The zero-order valence-corrected chi connectivity index (χ0v) is 13.2. The number of nitrogens with one attached hydrogen (secondary N) is 1. The minimum absolute atomic E-state index is 0.0322. The molecule has 0 heterocycles. The van der Waals surface area contributed by atoms with Crippen LogP contribution < -0.4 is 5.32 Å². The summed E-state index contributed by atoms with van der Waals surface area (Å²) in [7, 11) is 0. The molecule has 23 heavy (non-hydrogen) atoms. The molecule has 0 saturated heterocycles. The Bertz CT molecular complexity index is 623. The van der Waals surface area contributed by atoms with Crippen molar-refractivity contribution < 1.29 is 14.3 Å². The monoisotopic (exact) mass is 311 g/mol. The molecular weight excluding hydrogens is 290 g/mol. The molecule has 1 amide bonds. The van der Waals surface area contributed by atoms with Gasteiger partial charge >= 0.3 is 6.09 Å². The Morgan fingerprint density at radius 3 is 2.35 bits per heavy atom. The number of rotatable bonds is 7. The molecule has 0 aromatic heterocycles. The van der Waals surface area contributed by atoms with Gasteiger partial charge in [0.05, 0.1) is 0 Å². The highest BCUT2D eigenvalue weighted by Gasteiger charge is 2.09. The van der Waals surface area contributed by atoms with Crippen LogP contribution in [0.5, 0.6) is 0 Å². The lowest BCUT2D eigenvalue weighted by molar-refractivity contribution is -0.107. The standard InChI is InChI=1S/C19H21NO3/c1-15(13-17-9-7-16(8-10-17)11-12-21)20-19(22)23-14-18-5-3-2-4-6-18/h2-10,12,15H,11,13-14H2,1H3,(H,20,22)/t15-/m1/s1. The van der Waals surface area contributed by atoms with Crippen LogP contribution in [0.25, 0.3) is 0 Å². The van der Waals surface area contributed by atoms with E-state index >= 15 is 0 Å². The van der Waals surface area contributed by atoms with Gasteiger partial charge in [0, 0.05) is 12.5 Å². The normalized spacial score (nSPS) is 11.5. The van der Waals surface area contributed by atoms with E-state index in [1.54, 1.807) is 0 Å². The van der Waals surface area contributed by atoms with Gasteiger partial charge in [-0.15, -0.1) is 0 Å². The van der Waals surface area contributed by atoms with Crippen molar-refractivity contribution in [2.75, 3.05) is 0 Å². The number of hydrogen-bond acceptors (Lipinski definition) is 3. The maximum Gasteiger partial charge on any atom is 0.407 e. The first kappa shape index (κ1) is 16.7. The lowest BCUT2D eigenvalue weighted by Crippen LogP contribution is -2.34. The minimum atomic E-state index is -0.418. The van der Waals surface area contributed by atoms with Crippen LogP contribution >= 0.6 is 0 Å². The van der Waals surface area contributed by atoms with Gasteiger partial charge in [-0.3, -0.25) is 0 Å². The third-order valence-electron chi connectivity index (χ3n) is 3.46. The number of aldehydes is 1. The lowest BCUT2D eigenvalue weighted by atomic mass is 10.0. The molecule has 1 N–H and O–H groups in total. The molecule has 0 bridgehead atoms. The van der Waals surface area contributed by atoms with E-state index in [4.69, 9.17) is 4.74 Å². The highest BCUT2D eigenvalue weighted by molar-refractivity contribution is 5.67. The number of carbonyl (C=O) groups excluding carboxylic acids is 2. The minimum Gasteiger partial charge on any atom is -0.445 e. The molecule has 0 saturated carbocycles. The fourth-order valence-corrected chi connectivity index (χ4v) is 2.28. The van der Waals surface area contributed by atoms with Crippen LogP contribution in [-0.4, -0.2) is 18.4 Å². The molecule has 1 atom stereocenters. The summed E-state index contributed by atoms with van der Waals surface area (Å²) in [6.45, 7) is 2.20. The molecule has 4 heteroatoms. The number of amides is 1. The zero-order valence-electron chi connectivity index (χ0n) is 13.2. The van der Waals surface area contributed by atoms with Gasteiger partial charge in [0.25, 0.3) is 0 Å². The maximum absolute atomic E-state index is 11.8. The second-order valence-corrected chi connectivity index (χ2v) is 5.50. The van der Waals surface area contributed by atoms with Crippen molar-refractivity contribution in [1.29, 1.82) is 0 Å². The van der Waals surface area contributed by atoms with Crippen LogP contribution in [-0.2, 0) is 29.0 Å². The van der Waals surface area contributed by atoms with E-state index < -0.39 is 6.09 Å². The number of hydrogen-bond donors (Lipinski definition) is 1. The summed E-state index contributed by atoms with van der Waals surface area (Å²) in [5.74, 6) is 0. The van der Waals surface area contributed by atoms with Crippen molar-refractivity contribution >= 4 is 12.4 Å². The Kier molecular flexibility index (Phi) is 6.36. The molecule has 2 aromatic carbocycles. The van der Waals surface area contributed by atoms with Crippen molar-refractivity contribution in [3.8, 4) is 0 Å². The number of ether oxygens (including phenoxy) is 1. The van der Waals surface area contributed by atoms with Crippen LogP contribution in [0.1, 0.15) is 23.6 Å². The van der Waals surface area contributed by atoms with Crippen LogP contribution in [0.3, 0.4) is 0 Å². The molecular formula is C19H21NO3. The van der Waals surface area contributed by atoms with Crippen LogP contribution in [0, 0.1) is 0 Å². The number of carbonyl (C=O) groups is 2. The molecule has 0 aliphatic carbocycles. The van der Waals surface area contributed by atoms with Crippen LogP contribution in [0.15, 0.2) is 54.6 Å². The summed E-state index contributed by atoms with van der Waals surface area (Å²) < 4.78 is 5.20. The third-order valence-corrected chi connectivity index (χ3v) is 3.46. The van der Waals surface area contributed by atoms with Crippen LogP contribution in [0.4, 0.5) is 4.79 Å². The van der Waals surface area contributed by atoms with Gasteiger partial charge in [0.15, 0.2) is 0 Å². The Hall–Kier alpha value is -2.62. The molecule has 0 aliphatic rings. The first-order chi connectivity index (χ1) is 11.2. The van der Waals surface area contributed by atoms with Gasteiger partial charge in [-0.05, 0) is 30.0 Å². The predicted octanol–water partition coefficient (Wildman–Crippen LogP) is 3.29. The van der Waals surface area contributed by atoms with Gasteiger partial charge in [0.2, 0.25) is 0 Å². The number of benzene rings is 2. The second kappa shape index (κ2) is 8.73. The first-order valence-corrected chi connectivity index (χ1v) is 7.66. The molecule has 4 nitrogen and oxygen atoms in total. The van der Waals surface area contributed by atoms with Crippen molar-refractivity contribution in [2.45, 2.75) is 32.4 Å². The second-order valence-electron chi connectivity index (χ2n) is 5.50. The summed E-state index contributed by atoms with van der Waals surface area (Å²) in [4.78, 5) is 22.2. The summed E-state index contributed by atoms with van der Waals surface area (Å²) in [5.41, 5.74) is 3.06. The van der Waals surface area contributed by atoms with E-state index in [1.807, 2.05) is 61.5 Å². The fourth-order valence-electron chi connectivity index (χ4n) is 2.28. The molecule has 0 unspecified atom stereocenters. The zero-order chi connectivity index (χ0) is 16.5. The molecule has 120 valence electrons. The van der Waals surface area contributed by atoms with Gasteiger partial charge in [-0.1, -0.05) is 54.6 Å². The summed E-state index contributed by atoms with van der Waals surface area (Å²) in [6.07, 6.45) is 1.61. The van der Waals surface area contributed by atoms with Crippen LogP contribution in [0.2, 0.25) is 0 Å². The maximum atomic E-state index is 11.8. The quantitative estimate of drug-likeness (QED) is 0.798. The smallest absolute Gasteiger partial charge is 0.407 e. The van der Waals surface area contributed by atoms with Gasteiger partial charge in [0.1, 0.15) is 12.9 Å². The Morgan fingerprint density at radius 1 is 1.04 bits per heavy atom. The van der Waals surface area contributed by atoms with E-state index in [2.05, 4.69) is 5.32 Å². The molecule has 0 radical (unpaired) electrons. The van der Waals surface area contributed by atoms with Crippen molar-refractivity contribution in [3.05, 3.63) is 71.3 Å². The Labute approximate surface area is 136 Å². The van der Waals surface area contributed by atoms with E-state index in [9.17, 15) is 9.59 Å². The molecule has 0 aliphatic heterocycles. The lowest BCUT2D eigenvalue weighted by Gasteiger charge is -2.14. The van der Waals surface area contributed by atoms with Crippen molar-refractivity contribution in [1.82, 2.24) is 5.32 Å². The fraction of sp³-hybridized carbons (Fsp3) is 0.263. The predicted molar refractivity (Wildman–Crippen MR) is 89.1 cm³/mol. The molecule has 0 spiro atoms. The summed E-state index contributed by atoms with van der Waals surface area (Å²) in [5, 5.41) is 2.82. The van der Waals surface area contributed by atoms with Crippen molar-refractivity contribution in [2.24, 2.45) is 0 Å².